The van der Waals surface area contributed by atoms with Crippen molar-refractivity contribution in [1.29, 1.82) is 0 Å². The van der Waals surface area contributed by atoms with Gasteiger partial charge in [0.1, 0.15) is 11.4 Å². The van der Waals surface area contributed by atoms with E-state index < -0.39 is 23.1 Å². The van der Waals surface area contributed by atoms with E-state index >= 15 is 0 Å². The van der Waals surface area contributed by atoms with Crippen LogP contribution in [0.25, 0.3) is 0 Å². The Bertz CT molecular complexity index is 1070. The van der Waals surface area contributed by atoms with Gasteiger partial charge in [0.15, 0.2) is 11.6 Å². The number of benzene rings is 2. The fraction of sp³-hybridized carbons (Fsp3) is 0.481. The Kier molecular flexibility index (Phi) is 7.79. The zero-order chi connectivity index (χ0) is 25.0. The van der Waals surface area contributed by atoms with Gasteiger partial charge in [0, 0.05) is 19.5 Å². The summed E-state index contributed by atoms with van der Waals surface area (Å²) in [5.41, 5.74) is -0.382. The van der Waals surface area contributed by atoms with E-state index in [9.17, 15) is 22.8 Å². The molecule has 0 bridgehead atoms. The van der Waals surface area contributed by atoms with Gasteiger partial charge < -0.3 is 15.1 Å². The van der Waals surface area contributed by atoms with Crippen LogP contribution >= 0.6 is 0 Å². The lowest BCUT2D eigenvalue weighted by Crippen LogP contribution is -2.55. The average molecular weight is 488 g/mol. The normalized spacial score (nSPS) is 19.1. The maximum absolute atomic E-state index is 14.1. The van der Waals surface area contributed by atoms with E-state index in [0.29, 0.717) is 32.4 Å². The van der Waals surface area contributed by atoms with Crippen molar-refractivity contribution in [2.45, 2.75) is 50.5 Å². The molecule has 35 heavy (non-hydrogen) atoms. The third kappa shape index (κ3) is 5.37. The first kappa shape index (κ1) is 25.2. The minimum absolute atomic E-state index is 0.144. The second-order valence-corrected chi connectivity index (χ2v) is 9.60. The van der Waals surface area contributed by atoms with Gasteiger partial charge in [0.2, 0.25) is 11.8 Å². The highest BCUT2D eigenvalue weighted by molar-refractivity contribution is 5.93. The van der Waals surface area contributed by atoms with E-state index in [1.165, 1.54) is 17.0 Å². The lowest BCUT2D eigenvalue weighted by molar-refractivity contribution is -0.144. The number of carbonyl (C=O) groups is 2. The lowest BCUT2D eigenvalue weighted by atomic mass is 9.88. The van der Waals surface area contributed by atoms with Crippen molar-refractivity contribution >= 4 is 11.8 Å². The van der Waals surface area contributed by atoms with E-state index in [-0.39, 0.29) is 23.2 Å². The highest BCUT2D eigenvalue weighted by atomic mass is 19.2. The van der Waals surface area contributed by atoms with E-state index in [4.69, 9.17) is 0 Å². The molecule has 188 valence electrons. The molecule has 0 radical (unpaired) electrons. The van der Waals surface area contributed by atoms with Crippen LogP contribution in [-0.2, 0) is 15.1 Å². The number of carbonyl (C=O) groups excluding carboxylic acids is 2. The number of amides is 2. The molecule has 8 heteroatoms. The summed E-state index contributed by atoms with van der Waals surface area (Å²) < 4.78 is 41.6. The summed E-state index contributed by atoms with van der Waals surface area (Å²) >= 11 is 0. The standard InChI is InChI=1S/C27H32F3N3O2/c1-27(33-15-4-8-25(33)34,20-9-10-23(29)24(30)18-20)26(35)31-13-5-14-32-16-11-19(12-17-32)21-6-2-3-7-22(21)28/h2-3,6-7,9-10,18-19H,4-5,8,11-17H2,1H3,(H,31,35). The number of rotatable bonds is 8. The Morgan fingerprint density at radius 2 is 1.77 bits per heavy atom. The van der Waals surface area contributed by atoms with Gasteiger partial charge in [-0.15, -0.1) is 0 Å². The smallest absolute Gasteiger partial charge is 0.250 e. The van der Waals surface area contributed by atoms with Crippen molar-refractivity contribution in [3.63, 3.8) is 0 Å². The second kappa shape index (κ2) is 10.8. The number of hydrogen-bond donors (Lipinski definition) is 1. The van der Waals surface area contributed by atoms with Gasteiger partial charge in [-0.3, -0.25) is 9.59 Å². The first-order valence-corrected chi connectivity index (χ1v) is 12.3. The zero-order valence-corrected chi connectivity index (χ0v) is 20.0. The predicted molar refractivity (Wildman–Crippen MR) is 127 cm³/mol. The number of nitrogens with one attached hydrogen (secondary N) is 1. The van der Waals surface area contributed by atoms with E-state index in [0.717, 1.165) is 50.2 Å². The summed E-state index contributed by atoms with van der Waals surface area (Å²) in [4.78, 5) is 29.6. The molecular weight excluding hydrogens is 455 g/mol. The van der Waals surface area contributed by atoms with Crippen molar-refractivity contribution in [1.82, 2.24) is 15.1 Å². The molecule has 2 heterocycles. The third-order valence-corrected chi connectivity index (χ3v) is 7.41. The van der Waals surface area contributed by atoms with Gasteiger partial charge in [-0.25, -0.2) is 13.2 Å². The van der Waals surface area contributed by atoms with Crippen LogP contribution in [0.15, 0.2) is 42.5 Å². The van der Waals surface area contributed by atoms with Crippen LogP contribution in [0.2, 0.25) is 0 Å². The topological polar surface area (TPSA) is 52.7 Å². The molecule has 2 fully saturated rings. The quantitative estimate of drug-likeness (QED) is 0.564. The molecule has 1 atom stereocenters. The first-order chi connectivity index (χ1) is 16.8. The number of likely N-dealkylation sites (tertiary alicyclic amines) is 2. The van der Waals surface area contributed by atoms with Gasteiger partial charge in [-0.2, -0.15) is 0 Å². The Morgan fingerprint density at radius 1 is 1.03 bits per heavy atom. The maximum Gasteiger partial charge on any atom is 0.250 e. The summed E-state index contributed by atoms with van der Waals surface area (Å²) in [7, 11) is 0. The Labute approximate surface area is 204 Å². The summed E-state index contributed by atoms with van der Waals surface area (Å²) in [5, 5.41) is 2.91. The molecule has 4 rings (SSSR count). The average Bonchev–Trinajstić information content (AvgIpc) is 3.30. The number of piperidine rings is 1. The highest BCUT2D eigenvalue weighted by Crippen LogP contribution is 2.34. The number of halogens is 3. The van der Waals surface area contributed by atoms with Crippen LogP contribution in [0, 0.1) is 17.5 Å². The molecule has 5 nitrogen and oxygen atoms in total. The third-order valence-electron chi connectivity index (χ3n) is 7.41. The Morgan fingerprint density at radius 3 is 2.43 bits per heavy atom. The van der Waals surface area contributed by atoms with E-state index in [2.05, 4.69) is 10.2 Å². The monoisotopic (exact) mass is 487 g/mol. The van der Waals surface area contributed by atoms with Crippen molar-refractivity contribution < 1.29 is 22.8 Å². The second-order valence-electron chi connectivity index (χ2n) is 9.60. The molecule has 2 aromatic carbocycles. The summed E-state index contributed by atoms with van der Waals surface area (Å²) in [6.07, 6.45) is 3.43. The maximum atomic E-state index is 14.1. The fourth-order valence-corrected chi connectivity index (χ4v) is 5.28. The van der Waals surface area contributed by atoms with Gasteiger partial charge >= 0.3 is 0 Å². The van der Waals surface area contributed by atoms with Crippen LogP contribution in [-0.4, -0.2) is 54.3 Å². The van der Waals surface area contributed by atoms with Crippen LogP contribution in [0.1, 0.15) is 56.1 Å². The molecule has 2 amide bonds. The van der Waals surface area contributed by atoms with Crippen molar-refractivity contribution in [2.75, 3.05) is 32.7 Å². The Balaban J connectivity index is 1.32. The van der Waals surface area contributed by atoms with Crippen LogP contribution < -0.4 is 5.32 Å². The highest BCUT2D eigenvalue weighted by Gasteiger charge is 2.45. The van der Waals surface area contributed by atoms with E-state index in [1.54, 1.807) is 13.0 Å². The SMILES string of the molecule is CC(C(=O)NCCCN1CCC(c2ccccc2F)CC1)(c1ccc(F)c(F)c1)N1CCCC1=O. The zero-order valence-electron chi connectivity index (χ0n) is 20.0. The summed E-state index contributed by atoms with van der Waals surface area (Å²) in [5.74, 6) is -2.55. The largest absolute Gasteiger partial charge is 0.354 e. The molecule has 2 aromatic rings. The minimum atomic E-state index is -1.42. The molecule has 1 N–H and O–H groups in total. The molecular formula is C27H32F3N3O2. The lowest BCUT2D eigenvalue weighted by Gasteiger charge is -2.38. The number of nitrogens with zero attached hydrogens (tertiary/aromatic N) is 2. The van der Waals surface area contributed by atoms with Crippen LogP contribution in [0.5, 0.6) is 0 Å². The predicted octanol–water partition coefficient (Wildman–Crippen LogP) is 4.33. The molecule has 0 aromatic heterocycles. The molecule has 1 unspecified atom stereocenters. The van der Waals surface area contributed by atoms with Gasteiger partial charge in [0.05, 0.1) is 0 Å². The number of hydrogen-bond acceptors (Lipinski definition) is 3. The van der Waals surface area contributed by atoms with Gasteiger partial charge in [-0.05, 0) is 87.5 Å². The summed E-state index contributed by atoms with van der Waals surface area (Å²) in [6.45, 7) is 4.89. The molecule has 0 aliphatic carbocycles. The molecule has 2 aliphatic rings. The molecule has 0 spiro atoms. The van der Waals surface area contributed by atoms with Crippen LogP contribution in [0.3, 0.4) is 0 Å². The van der Waals surface area contributed by atoms with Crippen molar-refractivity contribution in [3.8, 4) is 0 Å². The minimum Gasteiger partial charge on any atom is -0.354 e. The van der Waals surface area contributed by atoms with Crippen LogP contribution in [0.4, 0.5) is 13.2 Å². The van der Waals surface area contributed by atoms with Gasteiger partial charge in [-0.1, -0.05) is 24.3 Å². The van der Waals surface area contributed by atoms with Crippen molar-refractivity contribution in [3.05, 3.63) is 71.0 Å². The van der Waals surface area contributed by atoms with Crippen molar-refractivity contribution in [2.24, 2.45) is 0 Å². The van der Waals surface area contributed by atoms with Gasteiger partial charge in [0.25, 0.3) is 0 Å². The summed E-state index contributed by atoms with van der Waals surface area (Å²) in [6, 6.07) is 10.3. The molecule has 2 aliphatic heterocycles. The Hall–Kier alpha value is -2.87. The molecule has 0 saturated carbocycles. The van der Waals surface area contributed by atoms with E-state index in [1.807, 2.05) is 12.1 Å². The fourth-order valence-electron chi connectivity index (χ4n) is 5.28. The first-order valence-electron chi connectivity index (χ1n) is 12.3. The molecule has 2 saturated heterocycles.